The van der Waals surface area contributed by atoms with Crippen molar-refractivity contribution in [3.05, 3.63) is 39.9 Å². The van der Waals surface area contributed by atoms with Gasteiger partial charge in [-0.2, -0.15) is 13.2 Å². The number of urea groups is 1. The van der Waals surface area contributed by atoms with Crippen LogP contribution in [0.25, 0.3) is 0 Å². The lowest BCUT2D eigenvalue weighted by Gasteiger charge is -2.44. The lowest BCUT2D eigenvalue weighted by molar-refractivity contribution is -0.385. The van der Waals surface area contributed by atoms with Crippen LogP contribution in [0, 0.1) is 16.0 Å². The Labute approximate surface area is 144 Å². The first-order chi connectivity index (χ1) is 12.0. The van der Waals surface area contributed by atoms with Gasteiger partial charge >= 0.3 is 18.2 Å². The Morgan fingerprint density at radius 2 is 2.12 bits per heavy atom. The van der Waals surface area contributed by atoms with E-state index in [1.807, 2.05) is 0 Å². The third-order valence-electron chi connectivity index (χ3n) is 3.79. The summed E-state index contributed by atoms with van der Waals surface area (Å²) in [6.07, 6.45) is -5.42. The number of carbonyl (C=O) groups is 2. The van der Waals surface area contributed by atoms with Gasteiger partial charge in [-0.3, -0.25) is 14.9 Å². The number of alkyl halides is 3. The van der Waals surface area contributed by atoms with Gasteiger partial charge in [0.2, 0.25) is 0 Å². The lowest BCUT2D eigenvalue weighted by atomic mass is 9.82. The first-order valence-corrected chi connectivity index (χ1v) is 7.30. The zero-order chi connectivity index (χ0) is 19.7. The second-order valence-corrected chi connectivity index (χ2v) is 5.42. The number of ether oxygens (including phenoxy) is 1. The molecule has 2 rings (SSSR count). The molecule has 1 fully saturated rings. The van der Waals surface area contributed by atoms with Crippen LogP contribution in [0.15, 0.2) is 24.3 Å². The number of benzene rings is 1. The molecular formula is C14H14F3N3O6. The Balaban J connectivity index is 2.60. The molecule has 142 valence electrons. The van der Waals surface area contributed by atoms with Gasteiger partial charge in [0.1, 0.15) is 5.92 Å². The third kappa shape index (κ3) is 3.40. The summed E-state index contributed by atoms with van der Waals surface area (Å²) in [7, 11) is 0. The number of esters is 1. The number of nitro benzene ring substituents is 1. The van der Waals surface area contributed by atoms with E-state index >= 15 is 0 Å². The molecule has 3 N–H and O–H groups in total. The Morgan fingerprint density at radius 1 is 1.46 bits per heavy atom. The van der Waals surface area contributed by atoms with Crippen LogP contribution in [0.5, 0.6) is 0 Å². The number of carbonyl (C=O) groups excluding carboxylic acids is 2. The summed E-state index contributed by atoms with van der Waals surface area (Å²) in [4.78, 5) is 33.9. The van der Waals surface area contributed by atoms with Crippen LogP contribution < -0.4 is 10.6 Å². The monoisotopic (exact) mass is 377 g/mol. The van der Waals surface area contributed by atoms with Gasteiger partial charge in [-0.15, -0.1) is 0 Å². The van der Waals surface area contributed by atoms with Gasteiger partial charge in [0, 0.05) is 12.1 Å². The molecular weight excluding hydrogens is 363 g/mol. The van der Waals surface area contributed by atoms with Crippen molar-refractivity contribution in [3.63, 3.8) is 0 Å². The van der Waals surface area contributed by atoms with E-state index in [-0.39, 0.29) is 12.2 Å². The zero-order valence-corrected chi connectivity index (χ0v) is 13.2. The van der Waals surface area contributed by atoms with Crippen LogP contribution in [-0.4, -0.2) is 40.5 Å². The first kappa shape index (κ1) is 19.4. The summed E-state index contributed by atoms with van der Waals surface area (Å²) in [5.74, 6) is -3.77. The molecule has 0 saturated carbocycles. The summed E-state index contributed by atoms with van der Waals surface area (Å²) in [5.41, 5.74) is -4.56. The Morgan fingerprint density at radius 3 is 2.65 bits per heavy atom. The van der Waals surface area contributed by atoms with Gasteiger partial charge in [-0.05, 0) is 12.5 Å². The van der Waals surface area contributed by atoms with E-state index in [2.05, 4.69) is 10.1 Å². The predicted molar refractivity (Wildman–Crippen MR) is 78.6 cm³/mol. The number of halogens is 3. The number of nitrogens with one attached hydrogen (secondary N) is 2. The molecule has 1 saturated heterocycles. The fraction of sp³-hybridized carbons (Fsp3) is 0.429. The number of aliphatic hydroxyl groups is 1. The highest BCUT2D eigenvalue weighted by Gasteiger charge is 2.67. The topological polar surface area (TPSA) is 131 Å². The van der Waals surface area contributed by atoms with Gasteiger partial charge in [-0.25, -0.2) is 4.79 Å². The minimum atomic E-state index is -5.42. The van der Waals surface area contributed by atoms with Crippen molar-refractivity contribution in [1.82, 2.24) is 10.6 Å². The highest BCUT2D eigenvalue weighted by Crippen LogP contribution is 2.43. The molecule has 1 aliphatic rings. The number of non-ortho nitro benzene ring substituents is 1. The molecule has 1 aromatic carbocycles. The molecule has 1 aromatic rings. The summed E-state index contributed by atoms with van der Waals surface area (Å²) in [6.45, 7) is 1.07. The Bertz CT molecular complexity index is 741. The van der Waals surface area contributed by atoms with Crippen LogP contribution in [0.3, 0.4) is 0 Å². The van der Waals surface area contributed by atoms with E-state index in [4.69, 9.17) is 0 Å². The summed E-state index contributed by atoms with van der Waals surface area (Å²) >= 11 is 0. The fourth-order valence-electron chi connectivity index (χ4n) is 2.65. The summed E-state index contributed by atoms with van der Waals surface area (Å²) < 4.78 is 44.9. The van der Waals surface area contributed by atoms with Crippen molar-refractivity contribution < 1.29 is 37.5 Å². The molecule has 0 spiro atoms. The first-order valence-electron chi connectivity index (χ1n) is 7.30. The minimum Gasteiger partial charge on any atom is -0.466 e. The standard InChI is InChI=1S/C14H14F3N3O6/c1-2-26-11(21)9-10(7-4-3-5-8(6-7)20(24)25)18-12(22)19-13(9,23)14(15,16)17/h3-6,9-10,23H,2H2,1H3,(H2,18,19,22)/t9-,10+,13-/m1/s1. The van der Waals surface area contributed by atoms with E-state index in [1.165, 1.54) is 24.4 Å². The van der Waals surface area contributed by atoms with Crippen molar-refractivity contribution in [2.24, 2.45) is 5.92 Å². The maximum Gasteiger partial charge on any atom is 0.437 e. The molecule has 0 radical (unpaired) electrons. The molecule has 0 unspecified atom stereocenters. The van der Waals surface area contributed by atoms with Crippen molar-refractivity contribution in [2.45, 2.75) is 24.9 Å². The summed E-state index contributed by atoms with van der Waals surface area (Å²) in [6, 6.07) is 1.24. The van der Waals surface area contributed by atoms with Gasteiger partial charge in [0.05, 0.1) is 17.6 Å². The normalized spacial score (nSPS) is 25.8. The fourth-order valence-corrected chi connectivity index (χ4v) is 2.65. The summed E-state index contributed by atoms with van der Waals surface area (Å²) in [5, 5.41) is 24.4. The minimum absolute atomic E-state index is 0.172. The van der Waals surface area contributed by atoms with Gasteiger partial charge in [-0.1, -0.05) is 12.1 Å². The second-order valence-electron chi connectivity index (χ2n) is 5.42. The van der Waals surface area contributed by atoms with Crippen LogP contribution in [-0.2, 0) is 9.53 Å². The molecule has 1 heterocycles. The largest absolute Gasteiger partial charge is 0.466 e. The zero-order valence-electron chi connectivity index (χ0n) is 13.2. The average Bonchev–Trinajstić information content (AvgIpc) is 2.53. The van der Waals surface area contributed by atoms with E-state index in [1.54, 1.807) is 0 Å². The number of rotatable bonds is 4. The highest BCUT2D eigenvalue weighted by molar-refractivity contribution is 5.83. The molecule has 2 amide bonds. The molecule has 26 heavy (non-hydrogen) atoms. The van der Waals surface area contributed by atoms with Gasteiger partial charge in [0.15, 0.2) is 0 Å². The molecule has 1 aliphatic heterocycles. The molecule has 0 aliphatic carbocycles. The van der Waals surface area contributed by atoms with E-state index in [0.29, 0.717) is 0 Å². The second kappa shape index (κ2) is 6.78. The predicted octanol–water partition coefficient (Wildman–Crippen LogP) is 1.38. The Kier molecular flexibility index (Phi) is 5.07. The maximum absolute atomic E-state index is 13.4. The van der Waals surface area contributed by atoms with Gasteiger partial charge < -0.3 is 20.5 Å². The quantitative estimate of drug-likeness (QED) is 0.413. The highest BCUT2D eigenvalue weighted by atomic mass is 19.4. The van der Waals surface area contributed by atoms with Gasteiger partial charge in [0.25, 0.3) is 11.4 Å². The number of amides is 2. The van der Waals surface area contributed by atoms with E-state index in [0.717, 1.165) is 12.1 Å². The molecule has 9 nitrogen and oxygen atoms in total. The van der Waals surface area contributed by atoms with E-state index < -0.39 is 46.5 Å². The smallest absolute Gasteiger partial charge is 0.437 e. The van der Waals surface area contributed by atoms with Crippen LogP contribution in [0.1, 0.15) is 18.5 Å². The SMILES string of the molecule is CCOC(=O)[C@H]1[C@H](c2cccc([N+](=O)[O-])c2)NC(=O)N[C@]1(O)C(F)(F)F. The number of hydrogen-bond donors (Lipinski definition) is 3. The van der Waals surface area contributed by atoms with Crippen LogP contribution >= 0.6 is 0 Å². The van der Waals surface area contributed by atoms with Crippen LogP contribution in [0.2, 0.25) is 0 Å². The van der Waals surface area contributed by atoms with E-state index in [9.17, 15) is 38.0 Å². The molecule has 12 heteroatoms. The maximum atomic E-state index is 13.4. The number of hydrogen-bond acceptors (Lipinski definition) is 6. The van der Waals surface area contributed by atoms with Crippen LogP contribution in [0.4, 0.5) is 23.7 Å². The third-order valence-corrected chi connectivity index (χ3v) is 3.79. The van der Waals surface area contributed by atoms with Crippen molar-refractivity contribution in [3.8, 4) is 0 Å². The Hall–Kier alpha value is -2.89. The number of nitro groups is 1. The van der Waals surface area contributed by atoms with Crippen molar-refractivity contribution in [2.75, 3.05) is 6.61 Å². The molecule has 0 bridgehead atoms. The van der Waals surface area contributed by atoms with Crippen molar-refractivity contribution >= 4 is 17.7 Å². The number of nitrogens with zero attached hydrogens (tertiary/aromatic N) is 1. The lowest BCUT2D eigenvalue weighted by Crippen LogP contribution is -2.73. The molecule has 0 aromatic heterocycles. The molecule has 3 atom stereocenters. The van der Waals surface area contributed by atoms with Crippen molar-refractivity contribution in [1.29, 1.82) is 0 Å². The average molecular weight is 377 g/mol.